The van der Waals surface area contributed by atoms with E-state index in [0.29, 0.717) is 18.2 Å². The summed E-state index contributed by atoms with van der Waals surface area (Å²) in [6.45, 7) is 1.32. The van der Waals surface area contributed by atoms with E-state index in [2.05, 4.69) is 4.98 Å². The molecule has 0 aromatic carbocycles. The molecule has 1 aliphatic rings. The van der Waals surface area contributed by atoms with E-state index in [1.807, 2.05) is 6.07 Å². The topological polar surface area (TPSA) is 51.6 Å². The van der Waals surface area contributed by atoms with Crippen LogP contribution >= 0.6 is 0 Å². The van der Waals surface area contributed by atoms with Gasteiger partial charge in [-0.3, -0.25) is 0 Å². The monoisotopic (exact) mass is 209 g/mol. The molecule has 0 spiro atoms. The zero-order chi connectivity index (χ0) is 10.5. The van der Waals surface area contributed by atoms with Gasteiger partial charge in [-0.25, -0.2) is 4.98 Å². The molecule has 1 fully saturated rings. The lowest BCUT2D eigenvalue weighted by molar-refractivity contribution is 0.0661. The van der Waals surface area contributed by atoms with Gasteiger partial charge in [-0.05, 0) is 18.9 Å². The third kappa shape index (κ3) is 2.91. The summed E-state index contributed by atoms with van der Waals surface area (Å²) in [5.41, 5.74) is 0.625. The molecule has 4 nitrogen and oxygen atoms in total. The molecule has 15 heavy (non-hydrogen) atoms. The Balaban J connectivity index is 1.86. The van der Waals surface area contributed by atoms with E-state index in [1.54, 1.807) is 12.1 Å². The van der Waals surface area contributed by atoms with Crippen LogP contribution in [0.3, 0.4) is 0 Å². The van der Waals surface area contributed by atoms with Gasteiger partial charge in [0.2, 0.25) is 5.88 Å². The Hall–Kier alpha value is -1.13. The van der Waals surface area contributed by atoms with Crippen LogP contribution in [0.4, 0.5) is 0 Å². The van der Waals surface area contributed by atoms with E-state index in [9.17, 15) is 0 Å². The average Bonchev–Trinajstić information content (AvgIpc) is 2.79. The summed E-state index contributed by atoms with van der Waals surface area (Å²) in [7, 11) is 0. The van der Waals surface area contributed by atoms with Crippen molar-refractivity contribution in [1.82, 2.24) is 4.98 Å². The van der Waals surface area contributed by atoms with Crippen LogP contribution in [0.1, 0.15) is 18.5 Å². The Labute approximate surface area is 88.9 Å². The van der Waals surface area contributed by atoms with E-state index in [1.165, 1.54) is 0 Å². The number of hydrogen-bond donors (Lipinski definition) is 1. The fourth-order valence-electron chi connectivity index (χ4n) is 1.58. The minimum absolute atomic E-state index is 0.0584. The predicted octanol–water partition coefficient (Wildman–Crippen LogP) is 1.13. The Morgan fingerprint density at radius 3 is 3.20 bits per heavy atom. The molecule has 0 amide bonds. The van der Waals surface area contributed by atoms with Crippen LogP contribution in [-0.2, 0) is 11.3 Å². The van der Waals surface area contributed by atoms with Gasteiger partial charge in [-0.15, -0.1) is 0 Å². The molecule has 1 aromatic heterocycles. The Morgan fingerprint density at radius 2 is 2.47 bits per heavy atom. The summed E-state index contributed by atoms with van der Waals surface area (Å²) in [6.07, 6.45) is 2.36. The number of aliphatic hydroxyl groups excluding tert-OH is 1. The molecule has 1 aromatic rings. The van der Waals surface area contributed by atoms with Crippen molar-refractivity contribution in [2.45, 2.75) is 25.6 Å². The van der Waals surface area contributed by atoms with Crippen LogP contribution in [0.15, 0.2) is 18.2 Å². The van der Waals surface area contributed by atoms with Crippen molar-refractivity contribution >= 4 is 0 Å². The highest BCUT2D eigenvalue weighted by molar-refractivity contribution is 5.15. The smallest absolute Gasteiger partial charge is 0.213 e. The van der Waals surface area contributed by atoms with Gasteiger partial charge in [0.05, 0.1) is 18.4 Å². The minimum Gasteiger partial charge on any atom is -0.475 e. The second-order valence-electron chi connectivity index (χ2n) is 3.57. The molecule has 0 aliphatic carbocycles. The summed E-state index contributed by atoms with van der Waals surface area (Å²) in [4.78, 5) is 4.12. The summed E-state index contributed by atoms with van der Waals surface area (Å²) in [6, 6.07) is 5.37. The number of aliphatic hydroxyl groups is 1. The first-order chi connectivity index (χ1) is 7.38. The van der Waals surface area contributed by atoms with Gasteiger partial charge in [0, 0.05) is 12.7 Å². The molecule has 2 rings (SSSR count). The van der Waals surface area contributed by atoms with Crippen molar-refractivity contribution in [2.75, 3.05) is 13.2 Å². The molecule has 1 atom stereocenters. The zero-order valence-corrected chi connectivity index (χ0v) is 8.56. The first-order valence-electron chi connectivity index (χ1n) is 5.19. The quantitative estimate of drug-likeness (QED) is 0.807. The molecule has 0 radical (unpaired) electrons. The summed E-state index contributed by atoms with van der Waals surface area (Å²) < 4.78 is 10.9. The van der Waals surface area contributed by atoms with Crippen molar-refractivity contribution in [2.24, 2.45) is 0 Å². The third-order valence-electron chi connectivity index (χ3n) is 2.38. The molecule has 1 unspecified atom stereocenters. The molecular weight excluding hydrogens is 194 g/mol. The van der Waals surface area contributed by atoms with Crippen LogP contribution in [0.25, 0.3) is 0 Å². The molecule has 1 saturated heterocycles. The summed E-state index contributed by atoms with van der Waals surface area (Å²) in [5.74, 6) is 0.553. The van der Waals surface area contributed by atoms with E-state index in [4.69, 9.17) is 14.6 Å². The average molecular weight is 209 g/mol. The van der Waals surface area contributed by atoms with E-state index < -0.39 is 0 Å². The standard InChI is InChI=1S/C11H15NO3/c13-7-9-3-1-5-11(12-9)15-8-10-4-2-6-14-10/h1,3,5,10,13H,2,4,6-8H2. The number of hydrogen-bond acceptors (Lipinski definition) is 4. The number of aromatic nitrogens is 1. The maximum atomic E-state index is 8.90. The van der Waals surface area contributed by atoms with Crippen molar-refractivity contribution in [3.63, 3.8) is 0 Å². The van der Waals surface area contributed by atoms with Gasteiger partial charge in [-0.2, -0.15) is 0 Å². The first-order valence-corrected chi connectivity index (χ1v) is 5.19. The van der Waals surface area contributed by atoms with Gasteiger partial charge < -0.3 is 14.6 Å². The SMILES string of the molecule is OCc1cccc(OCC2CCCO2)n1. The van der Waals surface area contributed by atoms with Gasteiger partial charge in [0.15, 0.2) is 0 Å². The van der Waals surface area contributed by atoms with Gasteiger partial charge in [0.25, 0.3) is 0 Å². The lowest BCUT2D eigenvalue weighted by Crippen LogP contribution is -2.16. The molecule has 1 aliphatic heterocycles. The van der Waals surface area contributed by atoms with Crippen molar-refractivity contribution < 1.29 is 14.6 Å². The largest absolute Gasteiger partial charge is 0.475 e. The number of rotatable bonds is 4. The Morgan fingerprint density at radius 1 is 1.53 bits per heavy atom. The highest BCUT2D eigenvalue weighted by Gasteiger charge is 2.16. The van der Waals surface area contributed by atoms with E-state index >= 15 is 0 Å². The van der Waals surface area contributed by atoms with Crippen LogP contribution < -0.4 is 4.74 Å². The lowest BCUT2D eigenvalue weighted by atomic mass is 10.2. The Bertz CT molecular complexity index is 310. The summed E-state index contributed by atoms with van der Waals surface area (Å²) in [5, 5.41) is 8.90. The van der Waals surface area contributed by atoms with Crippen molar-refractivity contribution in [3.05, 3.63) is 23.9 Å². The van der Waals surface area contributed by atoms with E-state index in [-0.39, 0.29) is 12.7 Å². The molecule has 2 heterocycles. The molecule has 4 heteroatoms. The molecule has 0 bridgehead atoms. The van der Waals surface area contributed by atoms with Crippen molar-refractivity contribution in [1.29, 1.82) is 0 Å². The number of nitrogens with zero attached hydrogens (tertiary/aromatic N) is 1. The van der Waals surface area contributed by atoms with Crippen LogP contribution in [-0.4, -0.2) is 29.4 Å². The fourth-order valence-corrected chi connectivity index (χ4v) is 1.58. The fraction of sp³-hybridized carbons (Fsp3) is 0.545. The highest BCUT2D eigenvalue weighted by atomic mass is 16.5. The zero-order valence-electron chi connectivity index (χ0n) is 8.56. The third-order valence-corrected chi connectivity index (χ3v) is 2.38. The van der Waals surface area contributed by atoms with Crippen LogP contribution in [0.5, 0.6) is 5.88 Å². The lowest BCUT2D eigenvalue weighted by Gasteiger charge is -2.10. The van der Waals surface area contributed by atoms with Crippen LogP contribution in [0, 0.1) is 0 Å². The van der Waals surface area contributed by atoms with Gasteiger partial charge in [-0.1, -0.05) is 6.07 Å². The minimum atomic E-state index is -0.0584. The molecule has 1 N–H and O–H groups in total. The number of pyridine rings is 1. The molecular formula is C11H15NO3. The Kier molecular flexibility index (Phi) is 3.53. The normalized spacial score (nSPS) is 20.5. The van der Waals surface area contributed by atoms with E-state index in [0.717, 1.165) is 19.4 Å². The summed E-state index contributed by atoms with van der Waals surface area (Å²) >= 11 is 0. The molecule has 0 saturated carbocycles. The number of ether oxygens (including phenoxy) is 2. The van der Waals surface area contributed by atoms with Crippen LogP contribution in [0.2, 0.25) is 0 Å². The maximum absolute atomic E-state index is 8.90. The maximum Gasteiger partial charge on any atom is 0.213 e. The second-order valence-corrected chi connectivity index (χ2v) is 3.57. The predicted molar refractivity (Wildman–Crippen MR) is 54.6 cm³/mol. The van der Waals surface area contributed by atoms with Gasteiger partial charge >= 0.3 is 0 Å². The molecule has 82 valence electrons. The van der Waals surface area contributed by atoms with Gasteiger partial charge in [0.1, 0.15) is 6.61 Å². The highest BCUT2D eigenvalue weighted by Crippen LogP contribution is 2.14. The first kappa shape index (κ1) is 10.4. The second kappa shape index (κ2) is 5.09. The van der Waals surface area contributed by atoms with Crippen molar-refractivity contribution in [3.8, 4) is 5.88 Å².